The van der Waals surface area contributed by atoms with Crippen molar-refractivity contribution >= 4 is 17.6 Å². The monoisotopic (exact) mass is 290 g/mol. The van der Waals surface area contributed by atoms with E-state index in [1.165, 1.54) is 19.3 Å². The van der Waals surface area contributed by atoms with Crippen LogP contribution in [-0.2, 0) is 0 Å². The molecule has 21 heavy (non-hydrogen) atoms. The Kier molecular flexibility index (Phi) is 3.65. The number of carbonyl (C=O) groups excluding carboxylic acids is 1. The van der Waals surface area contributed by atoms with E-state index in [4.69, 9.17) is 5.11 Å². The standard InChI is InChI=1S/C12H10N4O5/c1-13-11(17)8-4-5-15(14-8)10-6-7(12(18)19)2-3-9(10)16(20)21/h2-6H,1H3,(H,13,17)(H,18,19). The minimum absolute atomic E-state index is 0.0324. The molecule has 0 saturated heterocycles. The van der Waals surface area contributed by atoms with Crippen LogP contribution in [0.2, 0.25) is 0 Å². The van der Waals surface area contributed by atoms with E-state index < -0.39 is 16.8 Å². The number of aromatic carboxylic acids is 1. The van der Waals surface area contributed by atoms with Crippen molar-refractivity contribution in [2.75, 3.05) is 7.05 Å². The van der Waals surface area contributed by atoms with Crippen LogP contribution >= 0.6 is 0 Å². The molecule has 0 atom stereocenters. The number of nitrogens with zero attached hydrogens (tertiary/aromatic N) is 3. The fourth-order valence-corrected chi connectivity index (χ4v) is 1.70. The molecule has 1 heterocycles. The first-order valence-electron chi connectivity index (χ1n) is 5.74. The fourth-order valence-electron chi connectivity index (χ4n) is 1.70. The van der Waals surface area contributed by atoms with Crippen molar-refractivity contribution in [1.82, 2.24) is 15.1 Å². The van der Waals surface area contributed by atoms with Crippen LogP contribution in [0.4, 0.5) is 5.69 Å². The number of aromatic nitrogens is 2. The van der Waals surface area contributed by atoms with Gasteiger partial charge in [-0.15, -0.1) is 0 Å². The Bertz CT molecular complexity index is 737. The third-order valence-electron chi connectivity index (χ3n) is 2.71. The van der Waals surface area contributed by atoms with E-state index in [0.29, 0.717) is 0 Å². The molecule has 9 heteroatoms. The number of benzene rings is 1. The van der Waals surface area contributed by atoms with Gasteiger partial charge >= 0.3 is 5.97 Å². The van der Waals surface area contributed by atoms with Crippen molar-refractivity contribution in [3.8, 4) is 5.69 Å². The summed E-state index contributed by atoms with van der Waals surface area (Å²) in [5.74, 6) is -1.67. The molecule has 0 aliphatic heterocycles. The van der Waals surface area contributed by atoms with Gasteiger partial charge in [0.2, 0.25) is 0 Å². The van der Waals surface area contributed by atoms with Crippen LogP contribution in [0.3, 0.4) is 0 Å². The topological polar surface area (TPSA) is 127 Å². The van der Waals surface area contributed by atoms with E-state index in [1.54, 1.807) is 0 Å². The summed E-state index contributed by atoms with van der Waals surface area (Å²) in [5, 5.41) is 26.2. The highest BCUT2D eigenvalue weighted by molar-refractivity contribution is 5.92. The Morgan fingerprint density at radius 1 is 1.38 bits per heavy atom. The predicted molar refractivity (Wildman–Crippen MR) is 70.6 cm³/mol. The number of hydrogen-bond donors (Lipinski definition) is 2. The summed E-state index contributed by atoms with van der Waals surface area (Å²) in [7, 11) is 1.43. The fraction of sp³-hybridized carbons (Fsp3) is 0.0833. The van der Waals surface area contributed by atoms with Crippen molar-refractivity contribution in [2.24, 2.45) is 0 Å². The van der Waals surface area contributed by atoms with Crippen molar-refractivity contribution < 1.29 is 19.6 Å². The van der Waals surface area contributed by atoms with Gasteiger partial charge in [0.15, 0.2) is 5.69 Å². The SMILES string of the molecule is CNC(=O)c1ccn(-c2cc(C(=O)O)ccc2[N+](=O)[O-])n1. The summed E-state index contributed by atoms with van der Waals surface area (Å²) in [4.78, 5) is 32.8. The molecule has 0 aliphatic carbocycles. The lowest BCUT2D eigenvalue weighted by molar-refractivity contribution is -0.384. The summed E-state index contributed by atoms with van der Waals surface area (Å²) >= 11 is 0. The smallest absolute Gasteiger partial charge is 0.335 e. The second-order valence-electron chi connectivity index (χ2n) is 3.99. The number of amides is 1. The molecular weight excluding hydrogens is 280 g/mol. The number of carboxylic acid groups (broad SMARTS) is 1. The van der Waals surface area contributed by atoms with Gasteiger partial charge < -0.3 is 10.4 Å². The Balaban J connectivity index is 2.57. The highest BCUT2D eigenvalue weighted by Gasteiger charge is 2.19. The first-order valence-corrected chi connectivity index (χ1v) is 5.74. The third-order valence-corrected chi connectivity index (χ3v) is 2.71. The summed E-state index contributed by atoms with van der Waals surface area (Å²) < 4.78 is 1.09. The summed E-state index contributed by atoms with van der Waals surface area (Å²) in [6, 6.07) is 4.71. The molecule has 0 fully saturated rings. The second-order valence-corrected chi connectivity index (χ2v) is 3.99. The van der Waals surface area contributed by atoms with E-state index in [0.717, 1.165) is 22.9 Å². The molecule has 0 bridgehead atoms. The summed E-state index contributed by atoms with van der Waals surface area (Å²) in [5.41, 5.74) is -0.401. The molecule has 0 aliphatic rings. The lowest BCUT2D eigenvalue weighted by Gasteiger charge is -2.04. The molecule has 0 radical (unpaired) electrons. The number of carboxylic acids is 1. The Morgan fingerprint density at radius 3 is 2.67 bits per heavy atom. The predicted octanol–water partition coefficient (Wildman–Crippen LogP) is 0.838. The number of nitrogens with one attached hydrogen (secondary N) is 1. The van der Waals surface area contributed by atoms with Gasteiger partial charge in [-0.25, -0.2) is 9.48 Å². The minimum Gasteiger partial charge on any atom is -0.478 e. The van der Waals surface area contributed by atoms with Crippen LogP contribution in [0.1, 0.15) is 20.8 Å². The van der Waals surface area contributed by atoms with Crippen LogP contribution < -0.4 is 5.32 Å². The Labute approximate surface area is 118 Å². The van der Waals surface area contributed by atoms with E-state index in [1.807, 2.05) is 0 Å². The van der Waals surface area contributed by atoms with E-state index in [-0.39, 0.29) is 22.6 Å². The van der Waals surface area contributed by atoms with Crippen molar-refractivity contribution in [3.63, 3.8) is 0 Å². The Morgan fingerprint density at radius 2 is 2.10 bits per heavy atom. The van der Waals surface area contributed by atoms with Crippen LogP contribution in [0.15, 0.2) is 30.5 Å². The maximum Gasteiger partial charge on any atom is 0.335 e. The molecule has 2 N–H and O–H groups in total. The van der Waals surface area contributed by atoms with E-state index in [9.17, 15) is 19.7 Å². The first kappa shape index (κ1) is 14.2. The maximum atomic E-state index is 11.4. The van der Waals surface area contributed by atoms with Gasteiger partial charge in [-0.05, 0) is 18.2 Å². The third kappa shape index (κ3) is 2.71. The van der Waals surface area contributed by atoms with E-state index >= 15 is 0 Å². The summed E-state index contributed by atoms with van der Waals surface area (Å²) in [6.45, 7) is 0. The average Bonchev–Trinajstić information content (AvgIpc) is 2.95. The minimum atomic E-state index is -1.22. The quantitative estimate of drug-likeness (QED) is 0.634. The van der Waals surface area contributed by atoms with Gasteiger partial charge in [0.05, 0.1) is 10.5 Å². The normalized spacial score (nSPS) is 10.1. The molecule has 2 aromatic rings. The lowest BCUT2D eigenvalue weighted by atomic mass is 10.2. The molecule has 1 aromatic heterocycles. The van der Waals surface area contributed by atoms with Crippen molar-refractivity contribution in [1.29, 1.82) is 0 Å². The molecule has 2 rings (SSSR count). The molecule has 0 spiro atoms. The largest absolute Gasteiger partial charge is 0.478 e. The first-order chi connectivity index (χ1) is 9.93. The van der Waals surface area contributed by atoms with Crippen LogP contribution in [0.5, 0.6) is 0 Å². The molecule has 108 valence electrons. The highest BCUT2D eigenvalue weighted by Crippen LogP contribution is 2.24. The zero-order valence-corrected chi connectivity index (χ0v) is 10.8. The van der Waals surface area contributed by atoms with Crippen molar-refractivity contribution in [3.05, 3.63) is 51.8 Å². The van der Waals surface area contributed by atoms with Gasteiger partial charge in [-0.2, -0.15) is 5.10 Å². The highest BCUT2D eigenvalue weighted by atomic mass is 16.6. The zero-order chi connectivity index (χ0) is 15.6. The Hall–Kier alpha value is -3.23. The zero-order valence-electron chi connectivity index (χ0n) is 10.8. The van der Waals surface area contributed by atoms with Gasteiger partial charge in [-0.1, -0.05) is 0 Å². The molecule has 1 amide bonds. The molecule has 0 saturated carbocycles. The van der Waals surface area contributed by atoms with Crippen LogP contribution in [0, 0.1) is 10.1 Å². The second kappa shape index (κ2) is 5.41. The van der Waals surface area contributed by atoms with Gasteiger partial charge in [0.1, 0.15) is 5.69 Å². The average molecular weight is 290 g/mol. The number of rotatable bonds is 4. The van der Waals surface area contributed by atoms with Crippen LogP contribution in [-0.4, -0.2) is 38.7 Å². The van der Waals surface area contributed by atoms with Crippen molar-refractivity contribution in [2.45, 2.75) is 0 Å². The molecule has 9 nitrogen and oxygen atoms in total. The molecular formula is C12H10N4O5. The van der Waals surface area contributed by atoms with Gasteiger partial charge in [0.25, 0.3) is 11.6 Å². The van der Waals surface area contributed by atoms with Gasteiger partial charge in [-0.3, -0.25) is 14.9 Å². The van der Waals surface area contributed by atoms with Crippen LogP contribution in [0.25, 0.3) is 5.69 Å². The number of nitro groups is 1. The maximum absolute atomic E-state index is 11.4. The van der Waals surface area contributed by atoms with E-state index in [2.05, 4.69) is 10.4 Å². The lowest BCUT2D eigenvalue weighted by Crippen LogP contribution is -2.18. The number of carbonyl (C=O) groups is 2. The molecule has 1 aromatic carbocycles. The van der Waals surface area contributed by atoms with Gasteiger partial charge in [0, 0.05) is 19.3 Å². The number of hydrogen-bond acceptors (Lipinski definition) is 5. The molecule has 0 unspecified atom stereocenters. The number of nitro benzene ring substituents is 1. The summed E-state index contributed by atoms with van der Waals surface area (Å²) in [6.07, 6.45) is 1.35.